The molecule has 0 bridgehead atoms. The first-order valence-corrected chi connectivity index (χ1v) is 9.35. The van der Waals surface area contributed by atoms with Crippen molar-refractivity contribution < 1.29 is 17.9 Å². The van der Waals surface area contributed by atoms with Gasteiger partial charge in [0.25, 0.3) is 10.0 Å². The minimum absolute atomic E-state index is 0.0231. The van der Waals surface area contributed by atoms with Gasteiger partial charge in [0.05, 0.1) is 23.4 Å². The van der Waals surface area contributed by atoms with E-state index in [1.165, 1.54) is 32.2 Å². The van der Waals surface area contributed by atoms with E-state index in [9.17, 15) is 13.2 Å². The van der Waals surface area contributed by atoms with Crippen molar-refractivity contribution in [3.8, 4) is 5.75 Å². The molecule has 0 saturated carbocycles. The van der Waals surface area contributed by atoms with Crippen LogP contribution in [0.1, 0.15) is 6.92 Å². The third-order valence-electron chi connectivity index (χ3n) is 3.83. The number of methoxy groups -OCH3 is 1. The molecule has 0 unspecified atom stereocenters. The molecule has 0 aliphatic carbocycles. The van der Waals surface area contributed by atoms with Gasteiger partial charge in [-0.15, -0.1) is 0 Å². The van der Waals surface area contributed by atoms with Gasteiger partial charge in [-0.25, -0.2) is 8.42 Å². The molecule has 3 aromatic rings. The lowest BCUT2D eigenvalue weighted by Gasteiger charge is -2.14. The molecule has 0 spiro atoms. The average Bonchev–Trinajstić information content (AvgIpc) is 2.61. The van der Waals surface area contributed by atoms with Gasteiger partial charge in [-0.05, 0) is 29.7 Å². The minimum atomic E-state index is -3.84. The van der Waals surface area contributed by atoms with E-state index in [0.29, 0.717) is 17.1 Å². The Morgan fingerprint density at radius 1 is 0.962 bits per heavy atom. The molecule has 0 aliphatic rings. The highest BCUT2D eigenvalue weighted by atomic mass is 32.2. The van der Waals surface area contributed by atoms with E-state index in [1.807, 2.05) is 30.3 Å². The predicted octanol–water partition coefficient (Wildman–Crippen LogP) is 3.61. The molecule has 1 amide bonds. The predicted molar refractivity (Wildman–Crippen MR) is 102 cm³/mol. The van der Waals surface area contributed by atoms with E-state index in [4.69, 9.17) is 4.74 Å². The van der Waals surface area contributed by atoms with Crippen molar-refractivity contribution in [2.75, 3.05) is 17.1 Å². The van der Waals surface area contributed by atoms with Crippen molar-refractivity contribution in [2.45, 2.75) is 11.8 Å². The fourth-order valence-electron chi connectivity index (χ4n) is 2.66. The van der Waals surface area contributed by atoms with Crippen LogP contribution in [0.3, 0.4) is 0 Å². The summed E-state index contributed by atoms with van der Waals surface area (Å²) in [5, 5.41) is 4.31. The number of hydrogen-bond acceptors (Lipinski definition) is 4. The molecule has 134 valence electrons. The molecular formula is C19H18N2O4S. The third kappa shape index (κ3) is 3.62. The van der Waals surface area contributed by atoms with Gasteiger partial charge in [-0.3, -0.25) is 9.52 Å². The first-order chi connectivity index (χ1) is 12.4. The Kier molecular flexibility index (Phi) is 4.81. The molecule has 7 heteroatoms. The van der Waals surface area contributed by atoms with Gasteiger partial charge in [-0.1, -0.05) is 36.4 Å². The number of fused-ring (bicyclic) bond motifs is 1. The number of sulfonamides is 1. The monoisotopic (exact) mass is 370 g/mol. The van der Waals surface area contributed by atoms with Crippen molar-refractivity contribution in [1.82, 2.24) is 0 Å². The number of carbonyl (C=O) groups is 1. The SMILES string of the molecule is COc1ccc(S(=O)(=O)Nc2cccc3ccccc23)cc1NC(C)=O. The van der Waals surface area contributed by atoms with Crippen molar-refractivity contribution >= 4 is 38.1 Å². The van der Waals surface area contributed by atoms with E-state index in [0.717, 1.165) is 10.8 Å². The summed E-state index contributed by atoms with van der Waals surface area (Å²) in [5.41, 5.74) is 0.779. The summed E-state index contributed by atoms with van der Waals surface area (Å²) in [7, 11) is -2.40. The lowest BCUT2D eigenvalue weighted by atomic mass is 10.1. The number of amides is 1. The van der Waals surface area contributed by atoms with E-state index in [1.54, 1.807) is 12.1 Å². The Hall–Kier alpha value is -3.06. The largest absolute Gasteiger partial charge is 0.495 e. The minimum Gasteiger partial charge on any atom is -0.495 e. The van der Waals surface area contributed by atoms with E-state index < -0.39 is 10.0 Å². The van der Waals surface area contributed by atoms with Crippen LogP contribution in [-0.2, 0) is 14.8 Å². The molecule has 3 aromatic carbocycles. The molecule has 0 aromatic heterocycles. The number of ether oxygens (including phenoxy) is 1. The van der Waals surface area contributed by atoms with Crippen LogP contribution in [0.25, 0.3) is 10.8 Å². The smallest absolute Gasteiger partial charge is 0.261 e. The Morgan fingerprint density at radius 3 is 2.42 bits per heavy atom. The number of benzene rings is 3. The molecule has 0 aliphatic heterocycles. The fourth-order valence-corrected chi connectivity index (χ4v) is 3.77. The molecule has 0 heterocycles. The Balaban J connectivity index is 2.01. The molecule has 0 radical (unpaired) electrons. The maximum atomic E-state index is 12.8. The molecule has 26 heavy (non-hydrogen) atoms. The maximum absolute atomic E-state index is 12.8. The van der Waals surface area contributed by atoms with Gasteiger partial charge < -0.3 is 10.1 Å². The van der Waals surface area contributed by atoms with E-state index in [2.05, 4.69) is 10.0 Å². The molecule has 0 saturated heterocycles. The first kappa shape index (κ1) is 17.8. The van der Waals surface area contributed by atoms with Crippen LogP contribution < -0.4 is 14.8 Å². The Morgan fingerprint density at radius 2 is 1.69 bits per heavy atom. The molecular weight excluding hydrogens is 352 g/mol. The summed E-state index contributed by atoms with van der Waals surface area (Å²) in [4.78, 5) is 11.4. The first-order valence-electron chi connectivity index (χ1n) is 7.87. The second-order valence-corrected chi connectivity index (χ2v) is 7.36. The van der Waals surface area contributed by atoms with Gasteiger partial charge in [0.15, 0.2) is 0 Å². The zero-order chi connectivity index (χ0) is 18.7. The molecule has 0 fully saturated rings. The fraction of sp³-hybridized carbons (Fsp3) is 0.105. The van der Waals surface area contributed by atoms with Gasteiger partial charge in [0, 0.05) is 12.3 Å². The van der Waals surface area contributed by atoms with Crippen LogP contribution in [-0.4, -0.2) is 21.4 Å². The molecule has 0 atom stereocenters. The van der Waals surface area contributed by atoms with Gasteiger partial charge >= 0.3 is 0 Å². The standard InChI is InChI=1S/C19H18N2O4S/c1-13(22)20-18-12-15(10-11-19(18)25-2)26(23,24)21-17-9-5-7-14-6-3-4-8-16(14)17/h3-12,21H,1-2H3,(H,20,22). The van der Waals surface area contributed by atoms with Crippen LogP contribution in [0.15, 0.2) is 65.6 Å². The number of carbonyl (C=O) groups excluding carboxylic acids is 1. The number of hydrogen-bond donors (Lipinski definition) is 2. The maximum Gasteiger partial charge on any atom is 0.261 e. The number of rotatable bonds is 5. The Labute approximate surface area is 151 Å². The van der Waals surface area contributed by atoms with Crippen molar-refractivity contribution in [3.63, 3.8) is 0 Å². The topological polar surface area (TPSA) is 84.5 Å². The zero-order valence-corrected chi connectivity index (χ0v) is 15.1. The van der Waals surface area contributed by atoms with E-state index in [-0.39, 0.29) is 10.8 Å². The van der Waals surface area contributed by atoms with Crippen LogP contribution in [0.5, 0.6) is 5.75 Å². The molecule has 6 nitrogen and oxygen atoms in total. The summed E-state index contributed by atoms with van der Waals surface area (Å²) < 4.78 is 33.4. The van der Waals surface area contributed by atoms with Crippen LogP contribution in [0, 0.1) is 0 Å². The van der Waals surface area contributed by atoms with Crippen LogP contribution in [0.2, 0.25) is 0 Å². The normalized spacial score (nSPS) is 11.2. The summed E-state index contributed by atoms with van der Waals surface area (Å²) in [6.07, 6.45) is 0. The summed E-state index contributed by atoms with van der Waals surface area (Å²) in [6.45, 7) is 1.34. The summed E-state index contributed by atoms with van der Waals surface area (Å²) in [6, 6.07) is 17.2. The summed E-state index contributed by atoms with van der Waals surface area (Å²) in [5.74, 6) is 0.0594. The lowest BCUT2D eigenvalue weighted by molar-refractivity contribution is -0.114. The molecule has 2 N–H and O–H groups in total. The lowest BCUT2D eigenvalue weighted by Crippen LogP contribution is -2.14. The summed E-state index contributed by atoms with van der Waals surface area (Å²) >= 11 is 0. The zero-order valence-electron chi connectivity index (χ0n) is 14.3. The van der Waals surface area contributed by atoms with Crippen LogP contribution in [0.4, 0.5) is 11.4 Å². The highest BCUT2D eigenvalue weighted by Crippen LogP contribution is 2.30. The quantitative estimate of drug-likeness (QED) is 0.719. The highest BCUT2D eigenvalue weighted by Gasteiger charge is 2.18. The van der Waals surface area contributed by atoms with Gasteiger partial charge in [-0.2, -0.15) is 0 Å². The van der Waals surface area contributed by atoms with Gasteiger partial charge in [0.1, 0.15) is 5.75 Å². The van der Waals surface area contributed by atoms with Crippen LogP contribution >= 0.6 is 0 Å². The van der Waals surface area contributed by atoms with Crippen molar-refractivity contribution in [2.24, 2.45) is 0 Å². The number of anilines is 2. The molecule has 3 rings (SSSR count). The Bertz CT molecular complexity index is 1070. The van der Waals surface area contributed by atoms with E-state index >= 15 is 0 Å². The third-order valence-corrected chi connectivity index (χ3v) is 5.19. The number of nitrogens with one attached hydrogen (secondary N) is 2. The van der Waals surface area contributed by atoms with Gasteiger partial charge in [0.2, 0.25) is 5.91 Å². The highest BCUT2D eigenvalue weighted by molar-refractivity contribution is 7.92. The second kappa shape index (κ2) is 7.05. The average molecular weight is 370 g/mol. The van der Waals surface area contributed by atoms with Crippen molar-refractivity contribution in [3.05, 3.63) is 60.7 Å². The van der Waals surface area contributed by atoms with Crippen molar-refractivity contribution in [1.29, 1.82) is 0 Å². The second-order valence-electron chi connectivity index (χ2n) is 5.68.